The summed E-state index contributed by atoms with van der Waals surface area (Å²) in [4.78, 5) is 23.5. The van der Waals surface area contributed by atoms with E-state index in [0.717, 1.165) is 5.56 Å². The number of nitro groups is 1. The summed E-state index contributed by atoms with van der Waals surface area (Å²) < 4.78 is 12.6. The first-order valence-corrected chi connectivity index (χ1v) is 11.1. The van der Waals surface area contributed by atoms with Crippen LogP contribution in [0.4, 0.5) is 11.4 Å². The molecule has 0 aliphatic carbocycles. The van der Waals surface area contributed by atoms with Crippen molar-refractivity contribution in [2.75, 3.05) is 12.4 Å². The molecule has 0 saturated heterocycles. The first kappa shape index (κ1) is 23.1. The van der Waals surface area contributed by atoms with Gasteiger partial charge in [-0.3, -0.25) is 19.5 Å². The number of methoxy groups -OCH3 is 1. The van der Waals surface area contributed by atoms with Gasteiger partial charge in [-0.1, -0.05) is 42.1 Å². The van der Waals surface area contributed by atoms with Crippen molar-refractivity contribution in [2.24, 2.45) is 0 Å². The van der Waals surface area contributed by atoms with Gasteiger partial charge in [0, 0.05) is 12.1 Å². The first-order valence-electron chi connectivity index (χ1n) is 10.3. The number of amides is 1. The van der Waals surface area contributed by atoms with Crippen LogP contribution in [-0.2, 0) is 11.3 Å². The van der Waals surface area contributed by atoms with Gasteiger partial charge < -0.3 is 14.5 Å². The second-order valence-corrected chi connectivity index (χ2v) is 8.55. The highest BCUT2D eigenvalue weighted by atomic mass is 32.2. The maximum absolute atomic E-state index is 12.9. The van der Waals surface area contributed by atoms with Crippen LogP contribution in [-0.4, -0.2) is 38.0 Å². The van der Waals surface area contributed by atoms with Gasteiger partial charge in [-0.25, -0.2) is 0 Å². The molecule has 2 aromatic heterocycles. The van der Waals surface area contributed by atoms with Crippen molar-refractivity contribution in [2.45, 2.75) is 23.9 Å². The van der Waals surface area contributed by atoms with E-state index in [9.17, 15) is 14.9 Å². The predicted molar refractivity (Wildman–Crippen MR) is 127 cm³/mol. The molecule has 4 aromatic rings. The van der Waals surface area contributed by atoms with Gasteiger partial charge in [0.2, 0.25) is 11.7 Å². The zero-order valence-electron chi connectivity index (χ0n) is 18.4. The molecule has 11 heteroatoms. The second kappa shape index (κ2) is 10.2. The first-order chi connectivity index (χ1) is 16.5. The third-order valence-corrected chi connectivity index (χ3v) is 6.03. The Kier molecular flexibility index (Phi) is 6.93. The molecule has 10 nitrogen and oxygen atoms in total. The quantitative estimate of drug-likeness (QED) is 0.209. The highest BCUT2D eigenvalue weighted by molar-refractivity contribution is 8.00. The molecule has 1 N–H and O–H groups in total. The largest absolute Gasteiger partial charge is 0.495 e. The van der Waals surface area contributed by atoms with Crippen LogP contribution < -0.4 is 10.1 Å². The maximum atomic E-state index is 12.9. The van der Waals surface area contributed by atoms with Crippen LogP contribution in [0.25, 0.3) is 11.6 Å². The van der Waals surface area contributed by atoms with Crippen molar-refractivity contribution >= 4 is 29.0 Å². The fourth-order valence-electron chi connectivity index (χ4n) is 3.23. The fraction of sp³-hybridized carbons (Fsp3) is 0.174. The molecule has 0 radical (unpaired) electrons. The molecule has 0 spiro atoms. The molecular weight excluding hydrogens is 458 g/mol. The SMILES string of the molecule is COc1ccc([N+](=O)[O-])cc1NC(=O)[C@@H](C)Sc1nnc(-c2ccco2)n1Cc1ccccc1. The van der Waals surface area contributed by atoms with E-state index in [1.807, 2.05) is 34.9 Å². The standard InChI is InChI=1S/C23H21N5O5S/c1-15(22(29)24-18-13-17(28(30)31)10-11-19(18)32-2)34-23-26-25-21(20-9-6-12-33-20)27(23)14-16-7-4-3-5-8-16/h3-13,15H,14H2,1-2H3,(H,24,29)/t15-/m1/s1. The number of non-ortho nitro benzene ring substituents is 1. The number of rotatable bonds is 9. The van der Waals surface area contributed by atoms with Crippen molar-refractivity contribution in [3.8, 4) is 17.3 Å². The summed E-state index contributed by atoms with van der Waals surface area (Å²) in [6.07, 6.45) is 1.56. The number of ether oxygens (including phenoxy) is 1. The molecule has 34 heavy (non-hydrogen) atoms. The van der Waals surface area contributed by atoms with E-state index in [4.69, 9.17) is 9.15 Å². The number of nitro benzene ring substituents is 1. The van der Waals surface area contributed by atoms with E-state index >= 15 is 0 Å². The van der Waals surface area contributed by atoms with Gasteiger partial charge in [-0.2, -0.15) is 0 Å². The van der Waals surface area contributed by atoms with Crippen LogP contribution in [0.5, 0.6) is 5.75 Å². The van der Waals surface area contributed by atoms with E-state index < -0.39 is 10.2 Å². The number of hydrogen-bond donors (Lipinski definition) is 1. The van der Waals surface area contributed by atoms with E-state index in [1.165, 1.54) is 37.1 Å². The summed E-state index contributed by atoms with van der Waals surface area (Å²) in [5.41, 5.74) is 1.11. The number of furan rings is 1. The number of carbonyl (C=O) groups is 1. The van der Waals surface area contributed by atoms with Crippen LogP contribution in [0, 0.1) is 10.1 Å². The molecule has 1 amide bonds. The predicted octanol–water partition coefficient (Wildman–Crippen LogP) is 4.62. The van der Waals surface area contributed by atoms with E-state index in [0.29, 0.717) is 29.0 Å². The minimum Gasteiger partial charge on any atom is -0.495 e. The van der Waals surface area contributed by atoms with Gasteiger partial charge in [0.15, 0.2) is 10.9 Å². The number of benzene rings is 2. The molecule has 0 aliphatic heterocycles. The summed E-state index contributed by atoms with van der Waals surface area (Å²) >= 11 is 1.22. The number of carbonyl (C=O) groups excluding carboxylic acids is 1. The van der Waals surface area contributed by atoms with Crippen LogP contribution in [0.1, 0.15) is 12.5 Å². The summed E-state index contributed by atoms with van der Waals surface area (Å²) in [6.45, 7) is 2.21. The molecule has 0 fully saturated rings. The van der Waals surface area contributed by atoms with Crippen molar-refractivity contribution < 1.29 is 18.9 Å². The van der Waals surface area contributed by atoms with Gasteiger partial charge in [0.1, 0.15) is 5.75 Å². The molecule has 1 atom stereocenters. The Labute approximate surface area is 199 Å². The molecule has 2 heterocycles. The lowest BCUT2D eigenvalue weighted by Gasteiger charge is -2.15. The Morgan fingerprint density at radius 3 is 2.68 bits per heavy atom. The minimum absolute atomic E-state index is 0.151. The van der Waals surface area contributed by atoms with Crippen molar-refractivity contribution in [1.82, 2.24) is 14.8 Å². The number of anilines is 1. The number of hydrogen-bond acceptors (Lipinski definition) is 8. The molecule has 174 valence electrons. The molecule has 0 unspecified atom stereocenters. The summed E-state index contributed by atoms with van der Waals surface area (Å²) in [5, 5.41) is 22.4. The third-order valence-electron chi connectivity index (χ3n) is 4.95. The second-order valence-electron chi connectivity index (χ2n) is 7.25. The summed E-state index contributed by atoms with van der Waals surface area (Å²) in [5.74, 6) is 1.07. The Balaban J connectivity index is 1.57. The van der Waals surface area contributed by atoms with Crippen molar-refractivity contribution in [1.29, 1.82) is 0 Å². The van der Waals surface area contributed by atoms with Gasteiger partial charge in [0.05, 0.1) is 35.8 Å². The highest BCUT2D eigenvalue weighted by Crippen LogP contribution is 2.31. The van der Waals surface area contributed by atoms with E-state index in [-0.39, 0.29) is 17.3 Å². The molecule has 2 aromatic carbocycles. The fourth-order valence-corrected chi connectivity index (χ4v) is 4.07. The number of nitrogens with zero attached hydrogens (tertiary/aromatic N) is 4. The number of nitrogens with one attached hydrogen (secondary N) is 1. The third kappa shape index (κ3) is 5.09. The van der Waals surface area contributed by atoms with Gasteiger partial charge in [0.25, 0.3) is 5.69 Å². The van der Waals surface area contributed by atoms with E-state index in [1.54, 1.807) is 25.3 Å². The Bertz CT molecular complexity index is 1290. The topological polar surface area (TPSA) is 125 Å². The average Bonchev–Trinajstić information content (AvgIpc) is 3.50. The lowest BCUT2D eigenvalue weighted by atomic mass is 10.2. The maximum Gasteiger partial charge on any atom is 0.271 e. The van der Waals surface area contributed by atoms with Crippen molar-refractivity contribution in [3.63, 3.8) is 0 Å². The van der Waals surface area contributed by atoms with Crippen LogP contribution in [0.15, 0.2) is 76.5 Å². The molecule has 0 bridgehead atoms. The number of aromatic nitrogens is 3. The highest BCUT2D eigenvalue weighted by Gasteiger charge is 2.23. The zero-order valence-corrected chi connectivity index (χ0v) is 19.2. The van der Waals surface area contributed by atoms with Crippen LogP contribution in [0.2, 0.25) is 0 Å². The monoisotopic (exact) mass is 479 g/mol. The zero-order chi connectivity index (χ0) is 24.1. The molecule has 0 aliphatic rings. The smallest absolute Gasteiger partial charge is 0.271 e. The molecule has 0 saturated carbocycles. The average molecular weight is 480 g/mol. The van der Waals surface area contributed by atoms with Gasteiger partial charge in [-0.15, -0.1) is 10.2 Å². The number of thioether (sulfide) groups is 1. The Morgan fingerprint density at radius 1 is 1.21 bits per heavy atom. The normalized spacial score (nSPS) is 11.7. The summed E-state index contributed by atoms with van der Waals surface area (Å²) in [7, 11) is 1.43. The van der Waals surface area contributed by atoms with Crippen LogP contribution >= 0.6 is 11.8 Å². The van der Waals surface area contributed by atoms with Crippen molar-refractivity contribution in [3.05, 3.63) is 82.6 Å². The van der Waals surface area contributed by atoms with Gasteiger partial charge >= 0.3 is 0 Å². The Morgan fingerprint density at radius 2 is 2.00 bits per heavy atom. The van der Waals surface area contributed by atoms with Gasteiger partial charge in [-0.05, 0) is 30.7 Å². The summed E-state index contributed by atoms with van der Waals surface area (Å²) in [6, 6.07) is 17.4. The van der Waals surface area contributed by atoms with Crippen LogP contribution in [0.3, 0.4) is 0 Å². The minimum atomic E-state index is -0.591. The molecular formula is C23H21N5O5S. The lowest BCUT2D eigenvalue weighted by Crippen LogP contribution is -2.23. The molecule has 4 rings (SSSR count). The van der Waals surface area contributed by atoms with E-state index in [2.05, 4.69) is 15.5 Å². The lowest BCUT2D eigenvalue weighted by molar-refractivity contribution is -0.384. The Hall–Kier alpha value is -4.12.